The number of amides is 4. The smallest absolute Gasteiger partial charge is 0.412 e. The number of carbonyl (C=O) groups excluding carboxylic acids is 3. The van der Waals surface area contributed by atoms with Crippen LogP contribution >= 0.6 is 0 Å². The second-order valence-electron chi connectivity index (χ2n) is 11.4. The van der Waals surface area contributed by atoms with Gasteiger partial charge in [0.15, 0.2) is 0 Å². The standard InChI is InChI=1S/2C16H21N3O4/c1-11(20)18-14-9-13(19-15(21)23-16(2,3)4)12(10-17-14)7-6-8-22-5;1-11(20)18-14-9-13(19(15(21)22)16(2,3)4)12(10-17-14)7-6-8-23-5/h9-10H,8H2,1-5H3,(H2,17,18,19,20,21);9-10H,8H2,1-5H3,(H,21,22)(H,17,18,20). The zero-order valence-corrected chi connectivity index (χ0v) is 27.9. The highest BCUT2D eigenvalue weighted by Crippen LogP contribution is 2.29. The summed E-state index contributed by atoms with van der Waals surface area (Å²) in [6.45, 7) is 13.8. The van der Waals surface area contributed by atoms with Gasteiger partial charge in [-0.25, -0.2) is 19.6 Å². The SMILES string of the molecule is COCC#Cc1cnc(NC(C)=O)cc1N(C(=O)O)C(C)(C)C.COCC#Cc1cnc(NC(C)=O)cc1NC(=O)OC(C)(C)C. The highest BCUT2D eigenvalue weighted by Gasteiger charge is 2.30. The van der Waals surface area contributed by atoms with E-state index in [-0.39, 0.29) is 30.8 Å². The number of rotatable bonds is 6. The lowest BCUT2D eigenvalue weighted by Gasteiger charge is -2.33. The Kier molecular flexibility index (Phi) is 15.2. The zero-order valence-electron chi connectivity index (χ0n) is 27.9. The van der Waals surface area contributed by atoms with Gasteiger partial charge in [0.25, 0.3) is 0 Å². The summed E-state index contributed by atoms with van der Waals surface area (Å²) < 4.78 is 15.0. The largest absolute Gasteiger partial charge is 0.465 e. The number of aromatic nitrogens is 2. The van der Waals surface area contributed by atoms with Gasteiger partial charge in [0.2, 0.25) is 11.8 Å². The molecule has 0 radical (unpaired) electrons. The van der Waals surface area contributed by atoms with Gasteiger partial charge < -0.3 is 30.0 Å². The Labute approximate surface area is 269 Å². The monoisotopic (exact) mass is 638 g/mol. The fraction of sp³-hybridized carbons (Fsp3) is 0.438. The number of methoxy groups -OCH3 is 2. The number of hydrogen-bond acceptors (Lipinski definition) is 9. The molecular weight excluding hydrogens is 596 g/mol. The van der Waals surface area contributed by atoms with Crippen molar-refractivity contribution in [1.82, 2.24) is 9.97 Å². The van der Waals surface area contributed by atoms with Crippen LogP contribution in [0.25, 0.3) is 0 Å². The number of ether oxygens (including phenoxy) is 3. The molecule has 4 amide bonds. The molecule has 2 aromatic heterocycles. The number of anilines is 4. The Bertz CT molecular complexity index is 1520. The van der Waals surface area contributed by atoms with Crippen LogP contribution in [0.5, 0.6) is 0 Å². The fourth-order valence-electron chi connectivity index (χ4n) is 3.45. The molecule has 0 bridgehead atoms. The average Bonchev–Trinajstić information content (AvgIpc) is 2.89. The number of carboxylic acid groups (broad SMARTS) is 1. The average molecular weight is 639 g/mol. The Hall–Kier alpha value is -5.18. The Morgan fingerprint density at radius 2 is 1.28 bits per heavy atom. The summed E-state index contributed by atoms with van der Waals surface area (Å²) in [5, 5.41) is 17.3. The Morgan fingerprint density at radius 3 is 1.72 bits per heavy atom. The molecule has 14 heteroatoms. The first-order chi connectivity index (χ1) is 21.4. The first-order valence-electron chi connectivity index (χ1n) is 13.9. The summed E-state index contributed by atoms with van der Waals surface area (Å²) in [6, 6.07) is 3.01. The van der Waals surface area contributed by atoms with Crippen LogP contribution in [0, 0.1) is 23.7 Å². The first kappa shape index (κ1) is 38.8. The second kappa shape index (κ2) is 17.9. The highest BCUT2D eigenvalue weighted by molar-refractivity contribution is 5.93. The van der Waals surface area contributed by atoms with Crippen molar-refractivity contribution in [2.24, 2.45) is 0 Å². The van der Waals surface area contributed by atoms with Crippen molar-refractivity contribution in [3.63, 3.8) is 0 Å². The molecule has 0 aliphatic heterocycles. The van der Waals surface area contributed by atoms with Crippen LogP contribution in [0.4, 0.5) is 32.6 Å². The van der Waals surface area contributed by atoms with Gasteiger partial charge in [-0.15, -0.1) is 0 Å². The molecule has 0 unspecified atom stereocenters. The molecule has 0 aliphatic carbocycles. The van der Waals surface area contributed by atoms with E-state index in [9.17, 15) is 24.3 Å². The topological polar surface area (TPSA) is 181 Å². The van der Waals surface area contributed by atoms with Crippen molar-refractivity contribution in [2.45, 2.75) is 66.5 Å². The van der Waals surface area contributed by atoms with Gasteiger partial charge in [-0.2, -0.15) is 0 Å². The molecular formula is C32H42N6O8. The molecule has 248 valence electrons. The van der Waals surface area contributed by atoms with Gasteiger partial charge in [0.1, 0.15) is 30.5 Å². The molecule has 4 N–H and O–H groups in total. The van der Waals surface area contributed by atoms with Crippen molar-refractivity contribution in [3.8, 4) is 23.7 Å². The normalized spacial score (nSPS) is 10.4. The van der Waals surface area contributed by atoms with Gasteiger partial charge in [-0.1, -0.05) is 23.7 Å². The number of carbonyl (C=O) groups is 4. The lowest BCUT2D eigenvalue weighted by atomic mass is 10.0. The minimum absolute atomic E-state index is 0.218. The Morgan fingerprint density at radius 1 is 0.804 bits per heavy atom. The number of nitrogens with one attached hydrogen (secondary N) is 3. The third kappa shape index (κ3) is 14.5. The van der Waals surface area contributed by atoms with Crippen molar-refractivity contribution in [2.75, 3.05) is 48.3 Å². The van der Waals surface area contributed by atoms with Crippen LogP contribution in [-0.4, -0.2) is 77.6 Å². The lowest BCUT2D eigenvalue weighted by molar-refractivity contribution is -0.115. The summed E-state index contributed by atoms with van der Waals surface area (Å²) in [4.78, 5) is 55.3. The van der Waals surface area contributed by atoms with E-state index in [0.717, 1.165) is 0 Å². The van der Waals surface area contributed by atoms with Crippen molar-refractivity contribution >= 4 is 47.0 Å². The highest BCUT2D eigenvalue weighted by atomic mass is 16.6. The van der Waals surface area contributed by atoms with E-state index in [2.05, 4.69) is 49.6 Å². The number of pyridine rings is 2. The first-order valence-corrected chi connectivity index (χ1v) is 13.9. The molecule has 0 fully saturated rings. The predicted molar refractivity (Wildman–Crippen MR) is 175 cm³/mol. The maximum atomic E-state index is 11.9. The molecule has 0 spiro atoms. The summed E-state index contributed by atoms with van der Waals surface area (Å²) in [7, 11) is 3.05. The van der Waals surface area contributed by atoms with Crippen LogP contribution in [0.3, 0.4) is 0 Å². The van der Waals surface area contributed by atoms with E-state index >= 15 is 0 Å². The minimum atomic E-state index is -1.12. The van der Waals surface area contributed by atoms with Gasteiger partial charge in [-0.3, -0.25) is 19.8 Å². The van der Waals surface area contributed by atoms with Crippen LogP contribution in [-0.2, 0) is 23.8 Å². The molecule has 0 aromatic carbocycles. The summed E-state index contributed by atoms with van der Waals surface area (Å²) in [5.74, 6) is 11.3. The molecule has 0 saturated heterocycles. The molecule has 0 aliphatic rings. The zero-order chi connectivity index (χ0) is 35.1. The van der Waals surface area contributed by atoms with Gasteiger partial charge in [-0.05, 0) is 41.5 Å². The quantitative estimate of drug-likeness (QED) is 0.324. The molecule has 2 aromatic rings. The molecule has 14 nitrogen and oxygen atoms in total. The van der Waals surface area contributed by atoms with E-state index < -0.39 is 23.3 Å². The maximum Gasteiger partial charge on any atom is 0.412 e. The lowest BCUT2D eigenvalue weighted by Crippen LogP contribution is -2.45. The summed E-state index contributed by atoms with van der Waals surface area (Å²) in [6.07, 6.45) is 1.16. The maximum absolute atomic E-state index is 11.9. The number of hydrogen-bond donors (Lipinski definition) is 4. The van der Waals surface area contributed by atoms with Crippen LogP contribution in [0.1, 0.15) is 66.5 Å². The third-order valence-corrected chi connectivity index (χ3v) is 5.01. The predicted octanol–water partition coefficient (Wildman–Crippen LogP) is 4.71. The third-order valence-electron chi connectivity index (χ3n) is 5.01. The van der Waals surface area contributed by atoms with E-state index in [0.29, 0.717) is 28.3 Å². The van der Waals surface area contributed by atoms with E-state index in [4.69, 9.17) is 14.2 Å². The molecule has 0 atom stereocenters. The fourth-order valence-corrected chi connectivity index (χ4v) is 3.45. The number of nitrogens with zero attached hydrogens (tertiary/aromatic N) is 3. The van der Waals surface area contributed by atoms with Gasteiger partial charge in [0.05, 0.1) is 22.5 Å². The van der Waals surface area contributed by atoms with Gasteiger partial charge >= 0.3 is 12.2 Å². The van der Waals surface area contributed by atoms with E-state index in [1.807, 2.05) is 0 Å². The molecule has 2 heterocycles. The van der Waals surface area contributed by atoms with E-state index in [1.165, 1.54) is 57.5 Å². The van der Waals surface area contributed by atoms with Crippen LogP contribution < -0.4 is 20.9 Å². The minimum Gasteiger partial charge on any atom is -0.465 e. The molecule has 46 heavy (non-hydrogen) atoms. The van der Waals surface area contributed by atoms with Crippen LogP contribution in [0.15, 0.2) is 24.5 Å². The van der Waals surface area contributed by atoms with Crippen molar-refractivity contribution in [1.29, 1.82) is 0 Å². The van der Waals surface area contributed by atoms with Crippen molar-refractivity contribution < 1.29 is 38.5 Å². The van der Waals surface area contributed by atoms with Gasteiger partial charge in [0, 0.05) is 58.1 Å². The molecule has 2 rings (SSSR count). The molecule has 0 saturated carbocycles. The summed E-state index contributed by atoms with van der Waals surface area (Å²) in [5.41, 5.74) is 0.349. The Balaban J connectivity index is 0.000000460. The van der Waals surface area contributed by atoms with E-state index in [1.54, 1.807) is 41.5 Å². The van der Waals surface area contributed by atoms with Crippen LogP contribution in [0.2, 0.25) is 0 Å². The second-order valence-corrected chi connectivity index (χ2v) is 11.4. The summed E-state index contributed by atoms with van der Waals surface area (Å²) >= 11 is 0. The van der Waals surface area contributed by atoms with Crippen molar-refractivity contribution in [3.05, 3.63) is 35.7 Å².